The normalized spacial score (nSPS) is 11.5. The fourth-order valence-corrected chi connectivity index (χ4v) is 8.87. The molecule has 0 fully saturated rings. The average Bonchev–Trinajstić information content (AvgIpc) is 3.51. The molecule has 1 heterocycles. The Bertz CT molecular complexity index is 2580. The molecule has 0 aliphatic heterocycles. The molecule has 0 amide bonds. The first-order chi connectivity index (χ1) is 24.3. The minimum Gasteiger partial charge on any atom is -0.135 e. The van der Waals surface area contributed by atoms with E-state index in [-0.39, 0.29) is 0 Å². The molecule has 0 aliphatic carbocycles. The van der Waals surface area contributed by atoms with Gasteiger partial charge in [-0.2, -0.15) is 0 Å². The molecule has 1 aromatic heterocycles. The summed E-state index contributed by atoms with van der Waals surface area (Å²) in [4.78, 5) is 0. The third-order valence-corrected chi connectivity index (χ3v) is 11.7. The van der Waals surface area contributed by atoms with E-state index in [1.54, 1.807) is 0 Å². The molecule has 0 unspecified atom stereocenters. The highest BCUT2D eigenvalue weighted by atomic mass is 32.1. The molecule has 8 aromatic rings. The highest BCUT2D eigenvalue weighted by molar-refractivity contribution is 7.25. The molecule has 1 heteroatoms. The van der Waals surface area contributed by atoms with Crippen LogP contribution in [0.1, 0.15) is 40.3 Å². The van der Waals surface area contributed by atoms with Crippen molar-refractivity contribution in [3.05, 3.63) is 167 Å². The van der Waals surface area contributed by atoms with Crippen LogP contribution in [-0.4, -0.2) is 0 Å². The first-order valence-electron chi connectivity index (χ1n) is 17.7. The molecule has 0 bridgehead atoms. The predicted molar refractivity (Wildman–Crippen MR) is 220 cm³/mol. The minimum atomic E-state index is 0.996. The Labute approximate surface area is 300 Å². The molecule has 0 N–H and O–H groups in total. The van der Waals surface area contributed by atoms with E-state index >= 15 is 0 Å². The number of fused-ring (bicyclic) bond motifs is 3. The summed E-state index contributed by atoms with van der Waals surface area (Å²) >= 11 is 1.88. The molecule has 0 atom stereocenters. The van der Waals surface area contributed by atoms with Crippen molar-refractivity contribution < 1.29 is 0 Å². The van der Waals surface area contributed by atoms with Crippen molar-refractivity contribution in [2.45, 2.75) is 48.0 Å². The fourth-order valence-electron chi connectivity index (χ4n) is 7.72. The van der Waals surface area contributed by atoms with E-state index < -0.39 is 0 Å². The van der Waals surface area contributed by atoms with E-state index in [0.717, 1.165) is 6.42 Å². The maximum absolute atomic E-state index is 2.41. The Morgan fingerprint density at radius 3 is 1.52 bits per heavy atom. The standard InChI is InChI=1S/C49H42S/c1-7-35-26-36(20-22-41(35)40-13-9-8-12-30(40)2)46-27-37(18-16-31(46)3)44-24-34(6)45(25-33(44)5)38-19-17-32(4)47(28-38)39-21-23-43-42-14-10-11-15-48(42)50-49(43)29-39/h8-29H,7H2,1-6H3. The maximum atomic E-state index is 2.41. The highest BCUT2D eigenvalue weighted by Gasteiger charge is 2.15. The topological polar surface area (TPSA) is 0 Å². The second kappa shape index (κ2) is 12.9. The monoisotopic (exact) mass is 662 g/mol. The lowest BCUT2D eigenvalue weighted by molar-refractivity contribution is 1.14. The third-order valence-electron chi connectivity index (χ3n) is 10.6. The number of hydrogen-bond acceptors (Lipinski definition) is 1. The number of hydrogen-bond donors (Lipinski definition) is 0. The predicted octanol–water partition coefficient (Wildman–Crippen LogP) is 14.5. The summed E-state index contributed by atoms with van der Waals surface area (Å²) in [7, 11) is 0. The van der Waals surface area contributed by atoms with E-state index in [1.165, 1.54) is 109 Å². The van der Waals surface area contributed by atoms with Gasteiger partial charge in [-0.15, -0.1) is 11.3 Å². The van der Waals surface area contributed by atoms with Gasteiger partial charge in [-0.05, 0) is 154 Å². The van der Waals surface area contributed by atoms with Crippen LogP contribution >= 0.6 is 11.3 Å². The molecule has 0 radical (unpaired) electrons. The summed E-state index contributed by atoms with van der Waals surface area (Å²) in [5, 5.41) is 2.69. The van der Waals surface area contributed by atoms with Gasteiger partial charge in [0.2, 0.25) is 0 Å². The van der Waals surface area contributed by atoms with Gasteiger partial charge in [-0.25, -0.2) is 0 Å². The summed E-state index contributed by atoms with van der Waals surface area (Å²) in [6.07, 6.45) is 0.996. The van der Waals surface area contributed by atoms with Crippen LogP contribution in [0.2, 0.25) is 0 Å². The lowest BCUT2D eigenvalue weighted by atomic mass is 9.87. The summed E-state index contributed by atoms with van der Waals surface area (Å²) in [5.74, 6) is 0. The second-order valence-corrected chi connectivity index (χ2v) is 15.0. The van der Waals surface area contributed by atoms with Gasteiger partial charge in [-0.1, -0.05) is 116 Å². The molecule has 0 saturated carbocycles. The summed E-state index contributed by atoms with van der Waals surface area (Å²) in [6, 6.07) is 50.2. The van der Waals surface area contributed by atoms with Gasteiger partial charge in [0, 0.05) is 20.2 Å². The van der Waals surface area contributed by atoms with E-state index in [9.17, 15) is 0 Å². The quantitative estimate of drug-likeness (QED) is 0.166. The molecular weight excluding hydrogens is 621 g/mol. The smallest absolute Gasteiger partial charge is 0.0361 e. The molecule has 244 valence electrons. The van der Waals surface area contributed by atoms with Gasteiger partial charge in [-0.3, -0.25) is 0 Å². The Hall–Kier alpha value is -5.24. The second-order valence-electron chi connectivity index (χ2n) is 13.9. The van der Waals surface area contributed by atoms with Gasteiger partial charge in [0.1, 0.15) is 0 Å². The Morgan fingerprint density at radius 1 is 0.360 bits per heavy atom. The van der Waals surface area contributed by atoms with Gasteiger partial charge in [0.05, 0.1) is 0 Å². The highest BCUT2D eigenvalue weighted by Crippen LogP contribution is 2.40. The van der Waals surface area contributed by atoms with Crippen LogP contribution in [0.5, 0.6) is 0 Å². The third kappa shape index (κ3) is 5.66. The largest absolute Gasteiger partial charge is 0.135 e. The zero-order valence-corrected chi connectivity index (χ0v) is 30.6. The van der Waals surface area contributed by atoms with Crippen molar-refractivity contribution >= 4 is 31.5 Å². The fraction of sp³-hybridized carbons (Fsp3) is 0.143. The lowest BCUT2D eigenvalue weighted by Crippen LogP contribution is -1.94. The SMILES string of the molecule is CCc1cc(-c2cc(-c3cc(C)c(-c4ccc(C)c(-c5ccc6c(c5)sc5ccccc56)c4)cc3C)ccc2C)ccc1-c1ccccc1C. The van der Waals surface area contributed by atoms with Crippen LogP contribution < -0.4 is 0 Å². The zero-order valence-electron chi connectivity index (χ0n) is 29.8. The molecule has 0 aliphatic rings. The molecule has 7 aromatic carbocycles. The van der Waals surface area contributed by atoms with Crippen LogP contribution in [0.3, 0.4) is 0 Å². The summed E-state index contributed by atoms with van der Waals surface area (Å²) in [5.41, 5.74) is 20.8. The van der Waals surface area contributed by atoms with Gasteiger partial charge in [0.25, 0.3) is 0 Å². The molecule has 0 saturated heterocycles. The van der Waals surface area contributed by atoms with Gasteiger partial charge in [0.15, 0.2) is 0 Å². The molecule has 0 spiro atoms. The molecule has 50 heavy (non-hydrogen) atoms. The van der Waals surface area contributed by atoms with Crippen molar-refractivity contribution in [1.29, 1.82) is 0 Å². The van der Waals surface area contributed by atoms with E-state index in [2.05, 4.69) is 175 Å². The van der Waals surface area contributed by atoms with E-state index in [1.807, 2.05) is 11.3 Å². The van der Waals surface area contributed by atoms with Crippen molar-refractivity contribution in [3.8, 4) is 55.6 Å². The van der Waals surface area contributed by atoms with Crippen LogP contribution in [-0.2, 0) is 6.42 Å². The molecular formula is C49H42S. The minimum absolute atomic E-state index is 0.996. The Morgan fingerprint density at radius 2 is 0.860 bits per heavy atom. The Balaban J connectivity index is 1.15. The van der Waals surface area contributed by atoms with E-state index in [0.29, 0.717) is 0 Å². The summed E-state index contributed by atoms with van der Waals surface area (Å²) in [6.45, 7) is 13.4. The Kier molecular flexibility index (Phi) is 8.25. The van der Waals surface area contributed by atoms with Crippen LogP contribution in [0.15, 0.2) is 133 Å². The first kappa shape index (κ1) is 32.0. The number of rotatable bonds is 6. The van der Waals surface area contributed by atoms with Gasteiger partial charge < -0.3 is 0 Å². The first-order valence-corrected chi connectivity index (χ1v) is 18.5. The molecule has 0 nitrogen and oxygen atoms in total. The summed E-state index contributed by atoms with van der Waals surface area (Å²) < 4.78 is 2.69. The van der Waals surface area contributed by atoms with Gasteiger partial charge >= 0.3 is 0 Å². The van der Waals surface area contributed by atoms with Crippen LogP contribution in [0.25, 0.3) is 75.8 Å². The van der Waals surface area contributed by atoms with Crippen molar-refractivity contribution in [3.63, 3.8) is 0 Å². The van der Waals surface area contributed by atoms with E-state index in [4.69, 9.17) is 0 Å². The number of benzene rings is 7. The number of thiophene rings is 1. The molecule has 8 rings (SSSR count). The van der Waals surface area contributed by atoms with Crippen LogP contribution in [0.4, 0.5) is 0 Å². The lowest BCUT2D eigenvalue weighted by Gasteiger charge is -2.17. The maximum Gasteiger partial charge on any atom is 0.0361 e. The number of aryl methyl sites for hydroxylation is 6. The zero-order chi connectivity index (χ0) is 34.5. The van der Waals surface area contributed by atoms with Crippen molar-refractivity contribution in [2.75, 3.05) is 0 Å². The van der Waals surface area contributed by atoms with Crippen molar-refractivity contribution in [2.24, 2.45) is 0 Å². The van der Waals surface area contributed by atoms with Crippen molar-refractivity contribution in [1.82, 2.24) is 0 Å². The average molecular weight is 663 g/mol. The van der Waals surface area contributed by atoms with Crippen LogP contribution in [0, 0.1) is 34.6 Å².